The average molecular weight is 284 g/mol. The summed E-state index contributed by atoms with van der Waals surface area (Å²) in [6.07, 6.45) is 4.56. The molecule has 0 aromatic carbocycles. The Balaban J connectivity index is 2.52. The molecule has 0 aromatic rings. The fraction of sp³-hybridized carbons (Fsp3) is 0.867. The Morgan fingerprint density at radius 3 is 2.35 bits per heavy atom. The number of carbonyl (C=O) groups is 2. The van der Waals surface area contributed by atoms with E-state index >= 15 is 0 Å². The van der Waals surface area contributed by atoms with Gasteiger partial charge in [0, 0.05) is 19.6 Å². The number of nitrogens with one attached hydrogen (secondary N) is 1. The van der Waals surface area contributed by atoms with Gasteiger partial charge in [-0.1, -0.05) is 20.8 Å². The lowest BCUT2D eigenvalue weighted by atomic mass is 9.80. The van der Waals surface area contributed by atoms with Crippen molar-refractivity contribution in [1.29, 1.82) is 0 Å². The monoisotopic (exact) mass is 284 g/mol. The third kappa shape index (κ3) is 4.12. The molecule has 2 amide bonds. The van der Waals surface area contributed by atoms with Crippen molar-refractivity contribution in [3.8, 4) is 0 Å². The van der Waals surface area contributed by atoms with E-state index in [1.807, 2.05) is 0 Å². The third-order valence-corrected chi connectivity index (χ3v) is 4.92. The van der Waals surface area contributed by atoms with E-state index in [1.54, 1.807) is 4.90 Å². The highest BCUT2D eigenvalue weighted by Gasteiger charge is 2.30. The Bertz CT molecular complexity index is 332. The van der Waals surface area contributed by atoms with Crippen LogP contribution in [-0.4, -0.2) is 41.6 Å². The number of urea groups is 1. The van der Waals surface area contributed by atoms with Crippen molar-refractivity contribution in [3.63, 3.8) is 0 Å². The maximum atomic E-state index is 12.2. The van der Waals surface area contributed by atoms with Crippen molar-refractivity contribution in [2.75, 3.05) is 19.6 Å². The van der Waals surface area contributed by atoms with Crippen LogP contribution in [0.25, 0.3) is 0 Å². The smallest absolute Gasteiger partial charge is 0.317 e. The second-order valence-electron chi connectivity index (χ2n) is 5.84. The summed E-state index contributed by atoms with van der Waals surface area (Å²) in [4.78, 5) is 24.8. The van der Waals surface area contributed by atoms with Crippen LogP contribution in [0.5, 0.6) is 0 Å². The Labute approximate surface area is 121 Å². The van der Waals surface area contributed by atoms with Crippen molar-refractivity contribution in [1.82, 2.24) is 10.2 Å². The van der Waals surface area contributed by atoms with E-state index in [-0.39, 0.29) is 11.4 Å². The van der Waals surface area contributed by atoms with Gasteiger partial charge < -0.3 is 15.3 Å². The number of rotatable bonds is 6. The lowest BCUT2D eigenvalue weighted by Crippen LogP contribution is -2.49. The molecule has 20 heavy (non-hydrogen) atoms. The van der Waals surface area contributed by atoms with Gasteiger partial charge in [0.05, 0.1) is 5.92 Å². The summed E-state index contributed by atoms with van der Waals surface area (Å²) in [5, 5.41) is 12.1. The zero-order chi connectivity index (χ0) is 15.2. The summed E-state index contributed by atoms with van der Waals surface area (Å²) in [6.45, 7) is 8.12. The molecule has 1 saturated heterocycles. The van der Waals surface area contributed by atoms with Crippen LogP contribution in [0.2, 0.25) is 0 Å². The van der Waals surface area contributed by atoms with Crippen molar-refractivity contribution in [2.24, 2.45) is 11.3 Å². The van der Waals surface area contributed by atoms with Crippen LogP contribution in [0.4, 0.5) is 4.79 Å². The van der Waals surface area contributed by atoms with Gasteiger partial charge in [0.15, 0.2) is 0 Å². The van der Waals surface area contributed by atoms with Gasteiger partial charge in [-0.05, 0) is 37.5 Å². The van der Waals surface area contributed by atoms with Gasteiger partial charge in [-0.2, -0.15) is 0 Å². The van der Waals surface area contributed by atoms with E-state index < -0.39 is 11.9 Å². The van der Waals surface area contributed by atoms with Crippen molar-refractivity contribution in [3.05, 3.63) is 0 Å². The quantitative estimate of drug-likeness (QED) is 0.788. The van der Waals surface area contributed by atoms with Crippen LogP contribution >= 0.6 is 0 Å². The van der Waals surface area contributed by atoms with E-state index in [0.717, 1.165) is 25.7 Å². The van der Waals surface area contributed by atoms with Crippen LogP contribution in [0.15, 0.2) is 0 Å². The molecule has 1 aliphatic heterocycles. The summed E-state index contributed by atoms with van der Waals surface area (Å²) < 4.78 is 0. The van der Waals surface area contributed by atoms with Gasteiger partial charge in [-0.3, -0.25) is 4.79 Å². The lowest BCUT2D eigenvalue weighted by Gasteiger charge is -2.34. The molecule has 1 rings (SSSR count). The fourth-order valence-electron chi connectivity index (χ4n) is 2.86. The first-order valence-electron chi connectivity index (χ1n) is 7.73. The number of piperidine rings is 1. The number of aliphatic carboxylic acids is 1. The molecule has 5 heteroatoms. The predicted octanol–water partition coefficient (Wildman–Crippen LogP) is 2.71. The molecule has 0 saturated carbocycles. The molecule has 1 unspecified atom stereocenters. The van der Waals surface area contributed by atoms with E-state index in [4.69, 9.17) is 5.11 Å². The van der Waals surface area contributed by atoms with Gasteiger partial charge in [0.2, 0.25) is 0 Å². The zero-order valence-electron chi connectivity index (χ0n) is 12.9. The van der Waals surface area contributed by atoms with Gasteiger partial charge in [0.1, 0.15) is 0 Å². The number of amides is 2. The molecule has 0 radical (unpaired) electrons. The molecule has 0 aromatic heterocycles. The summed E-state index contributed by atoms with van der Waals surface area (Å²) in [5.41, 5.74) is 0.164. The number of likely N-dealkylation sites (tertiary alicyclic amines) is 1. The normalized spacial score (nSPS) is 19.8. The van der Waals surface area contributed by atoms with Gasteiger partial charge in [0.25, 0.3) is 0 Å². The summed E-state index contributed by atoms with van der Waals surface area (Å²) in [7, 11) is 0. The summed E-state index contributed by atoms with van der Waals surface area (Å²) in [6, 6.07) is -0.115. The lowest BCUT2D eigenvalue weighted by molar-refractivity contribution is -0.143. The highest BCUT2D eigenvalue weighted by atomic mass is 16.4. The fourth-order valence-corrected chi connectivity index (χ4v) is 2.86. The molecule has 5 nitrogen and oxygen atoms in total. The second kappa shape index (κ2) is 7.50. The van der Waals surface area contributed by atoms with Gasteiger partial charge >= 0.3 is 12.0 Å². The number of nitrogens with zero attached hydrogens (tertiary/aromatic N) is 1. The molecule has 0 bridgehead atoms. The predicted molar refractivity (Wildman–Crippen MR) is 78.6 cm³/mol. The largest absolute Gasteiger partial charge is 0.481 e. The Morgan fingerprint density at radius 1 is 1.25 bits per heavy atom. The van der Waals surface area contributed by atoms with Crippen LogP contribution in [0.3, 0.4) is 0 Å². The van der Waals surface area contributed by atoms with Gasteiger partial charge in [-0.25, -0.2) is 4.79 Å². The molecule has 1 aliphatic rings. The molecular weight excluding hydrogens is 256 g/mol. The maximum absolute atomic E-state index is 12.2. The standard InChI is InChI=1S/C15H28N2O3/c1-4-15(5-2,6-3)11-16-14(20)17-9-7-8-12(10-17)13(18)19/h12H,4-11H2,1-3H3,(H,16,20)(H,18,19). The van der Waals surface area contributed by atoms with Crippen molar-refractivity contribution >= 4 is 12.0 Å². The first-order chi connectivity index (χ1) is 9.48. The average Bonchev–Trinajstić information content (AvgIpc) is 2.49. The van der Waals surface area contributed by atoms with E-state index in [0.29, 0.717) is 26.1 Å². The number of carboxylic acid groups (broad SMARTS) is 1. The van der Waals surface area contributed by atoms with E-state index in [9.17, 15) is 9.59 Å². The molecule has 2 N–H and O–H groups in total. The van der Waals surface area contributed by atoms with E-state index in [2.05, 4.69) is 26.1 Å². The molecule has 0 spiro atoms. The van der Waals surface area contributed by atoms with Crippen LogP contribution in [-0.2, 0) is 4.79 Å². The first-order valence-corrected chi connectivity index (χ1v) is 7.73. The molecule has 0 aliphatic carbocycles. The topological polar surface area (TPSA) is 69.6 Å². The number of hydrogen-bond acceptors (Lipinski definition) is 2. The Morgan fingerprint density at radius 2 is 1.85 bits per heavy atom. The molecule has 1 fully saturated rings. The Hall–Kier alpha value is -1.26. The highest BCUT2D eigenvalue weighted by molar-refractivity contribution is 5.76. The Kier molecular flexibility index (Phi) is 6.30. The molecule has 1 atom stereocenters. The number of carbonyl (C=O) groups excluding carboxylic acids is 1. The minimum absolute atomic E-state index is 0.115. The number of hydrogen-bond donors (Lipinski definition) is 2. The number of carboxylic acids is 1. The molecule has 1 heterocycles. The minimum atomic E-state index is -0.799. The third-order valence-electron chi connectivity index (χ3n) is 4.92. The SMILES string of the molecule is CCC(CC)(CC)CNC(=O)N1CCCC(C(=O)O)C1. The second-order valence-corrected chi connectivity index (χ2v) is 5.84. The van der Waals surface area contributed by atoms with E-state index in [1.165, 1.54) is 0 Å². The zero-order valence-corrected chi connectivity index (χ0v) is 12.9. The van der Waals surface area contributed by atoms with Gasteiger partial charge in [-0.15, -0.1) is 0 Å². The molecular formula is C15H28N2O3. The van der Waals surface area contributed by atoms with Crippen molar-refractivity contribution < 1.29 is 14.7 Å². The maximum Gasteiger partial charge on any atom is 0.317 e. The first kappa shape index (κ1) is 16.8. The molecule has 116 valence electrons. The van der Waals surface area contributed by atoms with Crippen LogP contribution in [0.1, 0.15) is 52.9 Å². The summed E-state index contributed by atoms with van der Waals surface area (Å²) in [5.74, 6) is -1.21. The summed E-state index contributed by atoms with van der Waals surface area (Å²) >= 11 is 0. The van der Waals surface area contributed by atoms with Crippen molar-refractivity contribution in [2.45, 2.75) is 52.9 Å². The van der Waals surface area contributed by atoms with Crippen LogP contribution < -0.4 is 5.32 Å². The minimum Gasteiger partial charge on any atom is -0.481 e. The van der Waals surface area contributed by atoms with Crippen LogP contribution in [0, 0.1) is 11.3 Å². The highest BCUT2D eigenvalue weighted by Crippen LogP contribution is 2.29.